The second-order valence-corrected chi connectivity index (χ2v) is 6.66. The van der Waals surface area contributed by atoms with E-state index < -0.39 is 5.60 Å². The molecule has 7 nitrogen and oxygen atoms in total. The highest BCUT2D eigenvalue weighted by atomic mass is 16.6. The number of nitrogen functional groups attached to an aromatic ring is 1. The summed E-state index contributed by atoms with van der Waals surface area (Å²) in [4.78, 5) is 21.9. The van der Waals surface area contributed by atoms with E-state index in [9.17, 15) is 4.79 Å². The molecule has 0 aliphatic carbocycles. The molecule has 1 amide bonds. The fourth-order valence-electron chi connectivity index (χ4n) is 2.59. The first-order valence-corrected chi connectivity index (χ1v) is 7.93. The molecular weight excluding hydrogens is 294 g/mol. The van der Waals surface area contributed by atoms with Crippen molar-refractivity contribution in [3.63, 3.8) is 0 Å². The number of rotatable bonds is 5. The molecular formula is C16H26N5O2+. The molecule has 0 spiro atoms. The summed E-state index contributed by atoms with van der Waals surface area (Å²) in [6.45, 7) is 9.09. The molecule has 2 heterocycles. The number of carbonyl (C=O) groups excluding carboxylic acids is 1. The number of anilines is 1. The van der Waals surface area contributed by atoms with E-state index in [0.29, 0.717) is 12.4 Å². The lowest BCUT2D eigenvalue weighted by molar-refractivity contribution is 0.0297. The molecule has 0 radical (unpaired) electrons. The molecule has 2 N–H and O–H groups in total. The van der Waals surface area contributed by atoms with E-state index >= 15 is 0 Å². The molecule has 126 valence electrons. The summed E-state index contributed by atoms with van der Waals surface area (Å²) in [5.74, 6) is 0.536. The summed E-state index contributed by atoms with van der Waals surface area (Å²) in [7, 11) is 1.75. The van der Waals surface area contributed by atoms with Crippen molar-refractivity contribution >= 4 is 17.6 Å². The molecule has 0 aromatic carbocycles. The summed E-state index contributed by atoms with van der Waals surface area (Å²) in [5, 5.41) is 0.968. The van der Waals surface area contributed by atoms with Gasteiger partial charge in [0.1, 0.15) is 17.1 Å². The lowest BCUT2D eigenvalue weighted by Gasteiger charge is -2.24. The van der Waals surface area contributed by atoms with E-state index in [1.807, 2.05) is 20.8 Å². The minimum Gasteiger partial charge on any atom is -0.444 e. The Kier molecular flexibility index (Phi) is 4.87. The van der Waals surface area contributed by atoms with Crippen molar-refractivity contribution in [1.29, 1.82) is 0 Å². The summed E-state index contributed by atoms with van der Waals surface area (Å²) in [5.41, 5.74) is 7.48. The van der Waals surface area contributed by atoms with Crippen molar-refractivity contribution in [2.75, 3.05) is 25.9 Å². The smallest absolute Gasteiger partial charge is 0.410 e. The average Bonchev–Trinajstić information content (AvgIpc) is 2.43. The van der Waals surface area contributed by atoms with Gasteiger partial charge in [0.15, 0.2) is 5.22 Å². The van der Waals surface area contributed by atoms with E-state index in [4.69, 9.17) is 10.5 Å². The Hall–Kier alpha value is -2.18. The minimum absolute atomic E-state index is 0.298. The molecule has 1 aliphatic rings. The van der Waals surface area contributed by atoms with E-state index in [-0.39, 0.29) is 6.09 Å². The third-order valence-electron chi connectivity index (χ3n) is 3.64. The average molecular weight is 320 g/mol. The third kappa shape index (κ3) is 3.78. The molecule has 0 atom stereocenters. The quantitative estimate of drug-likeness (QED) is 0.791. The van der Waals surface area contributed by atoms with Gasteiger partial charge < -0.3 is 15.4 Å². The number of aromatic nitrogens is 2. The molecule has 0 bridgehead atoms. The number of carbonyl (C=O) groups is 1. The molecule has 2 rings (SSSR count). The van der Waals surface area contributed by atoms with Gasteiger partial charge >= 0.3 is 11.6 Å². The number of ether oxygens (including phenoxy) is 1. The van der Waals surface area contributed by atoms with Crippen LogP contribution in [0.2, 0.25) is 0 Å². The molecule has 1 aliphatic heterocycles. The molecule has 23 heavy (non-hydrogen) atoms. The van der Waals surface area contributed by atoms with Gasteiger partial charge in [-0.15, -0.1) is 0 Å². The van der Waals surface area contributed by atoms with Crippen molar-refractivity contribution in [3.8, 4) is 0 Å². The number of hydrogen-bond donors (Lipinski definition) is 1. The van der Waals surface area contributed by atoms with Gasteiger partial charge in [0.2, 0.25) is 6.33 Å². The van der Waals surface area contributed by atoms with Crippen LogP contribution in [0.1, 0.15) is 40.5 Å². The zero-order valence-corrected chi connectivity index (χ0v) is 14.6. The predicted molar refractivity (Wildman–Crippen MR) is 89.0 cm³/mol. The van der Waals surface area contributed by atoms with Crippen molar-refractivity contribution < 1.29 is 9.53 Å². The number of nitrogens with two attached hydrogens (primary N) is 1. The van der Waals surface area contributed by atoms with Gasteiger partial charge in [-0.25, -0.2) is 9.37 Å². The van der Waals surface area contributed by atoms with Crippen LogP contribution in [0, 0.1) is 0 Å². The van der Waals surface area contributed by atoms with Gasteiger partial charge in [0, 0.05) is 26.4 Å². The highest BCUT2D eigenvalue weighted by Gasteiger charge is 2.26. The Bertz CT molecular complexity index is 721. The summed E-state index contributed by atoms with van der Waals surface area (Å²) < 4.78 is 7.49. The summed E-state index contributed by atoms with van der Waals surface area (Å²) >= 11 is 0. The first kappa shape index (κ1) is 17.2. The fourth-order valence-corrected chi connectivity index (χ4v) is 2.59. The van der Waals surface area contributed by atoms with Crippen LogP contribution in [0.4, 0.5) is 10.6 Å². The molecule has 0 unspecified atom stereocenters. The van der Waals surface area contributed by atoms with E-state index in [1.165, 1.54) is 6.33 Å². The Balaban J connectivity index is 1.96. The van der Waals surface area contributed by atoms with Crippen molar-refractivity contribution in [3.05, 3.63) is 17.0 Å². The van der Waals surface area contributed by atoms with E-state index in [0.717, 1.165) is 35.8 Å². The highest BCUT2D eigenvalue weighted by Crippen LogP contribution is 2.10. The molecule has 1 aromatic rings. The molecule has 1 aromatic heterocycles. The van der Waals surface area contributed by atoms with Gasteiger partial charge in [-0.1, -0.05) is 6.92 Å². The van der Waals surface area contributed by atoms with Crippen molar-refractivity contribution in [2.45, 2.75) is 46.1 Å². The Morgan fingerprint density at radius 1 is 1.39 bits per heavy atom. The first-order valence-electron chi connectivity index (χ1n) is 7.93. The van der Waals surface area contributed by atoms with E-state index in [1.54, 1.807) is 11.9 Å². The number of hydrogen-bond acceptors (Lipinski definition) is 5. The van der Waals surface area contributed by atoms with Crippen LogP contribution < -0.4 is 21.0 Å². The van der Waals surface area contributed by atoms with Crippen LogP contribution in [0.3, 0.4) is 0 Å². The van der Waals surface area contributed by atoms with Crippen LogP contribution in [-0.2, 0) is 4.74 Å². The second kappa shape index (κ2) is 6.52. The zero-order chi connectivity index (χ0) is 17.2. The second-order valence-electron chi connectivity index (χ2n) is 6.66. The number of nitrogens with zero attached hydrogens (tertiary/aromatic N) is 4. The predicted octanol–water partition coefficient (Wildman–Crippen LogP) is 0.339. The van der Waals surface area contributed by atoms with Crippen LogP contribution in [0.15, 0.2) is 6.33 Å². The minimum atomic E-state index is -0.473. The third-order valence-corrected chi connectivity index (χ3v) is 3.64. The maximum atomic E-state index is 11.9. The standard InChI is InChI=1S/C16H25N5O2/c1-6-11-12-13(17)18-10-19-14(12)21(11)9-7-8-20(5)15(22)23-16(2,3)4/h10,17H,6-9H2,1-5H3/p+1. The maximum absolute atomic E-state index is 11.9. The van der Waals surface area contributed by atoms with Crippen LogP contribution in [0.25, 0.3) is 5.70 Å². The maximum Gasteiger partial charge on any atom is 0.410 e. The first-order chi connectivity index (χ1) is 10.7. The number of amides is 1. The topological polar surface area (TPSA) is 84.4 Å². The van der Waals surface area contributed by atoms with Crippen LogP contribution >= 0.6 is 0 Å². The highest BCUT2D eigenvalue weighted by molar-refractivity contribution is 5.67. The zero-order valence-electron chi connectivity index (χ0n) is 14.6. The Morgan fingerprint density at radius 3 is 2.70 bits per heavy atom. The van der Waals surface area contributed by atoms with Crippen LogP contribution in [-0.4, -0.2) is 46.7 Å². The SMILES string of the molecule is CCC1=c2c(N)ncnc2=[N+]1CCCN(C)C(=O)OC(C)(C)C. The lowest BCUT2D eigenvalue weighted by Crippen LogP contribution is -2.55. The Morgan fingerprint density at radius 2 is 2.09 bits per heavy atom. The summed E-state index contributed by atoms with van der Waals surface area (Å²) in [6.07, 6.45) is 2.89. The van der Waals surface area contributed by atoms with Gasteiger partial charge in [-0.2, -0.15) is 4.98 Å². The lowest BCUT2D eigenvalue weighted by atomic mass is 10.1. The fraction of sp³-hybridized carbons (Fsp3) is 0.625. The molecule has 0 saturated carbocycles. The van der Waals surface area contributed by atoms with E-state index in [2.05, 4.69) is 21.5 Å². The molecule has 7 heteroatoms. The van der Waals surface area contributed by atoms with Crippen molar-refractivity contribution in [2.24, 2.45) is 0 Å². The molecule has 0 saturated heterocycles. The van der Waals surface area contributed by atoms with Crippen LogP contribution in [0.5, 0.6) is 0 Å². The monoisotopic (exact) mass is 320 g/mol. The Labute approximate surface area is 136 Å². The van der Waals surface area contributed by atoms with Gasteiger partial charge in [0.05, 0.1) is 6.54 Å². The van der Waals surface area contributed by atoms with Gasteiger partial charge in [-0.05, 0) is 25.8 Å². The normalized spacial score (nSPS) is 13.4. The van der Waals surface area contributed by atoms with Gasteiger partial charge in [0.25, 0.3) is 0 Å². The summed E-state index contributed by atoms with van der Waals surface area (Å²) in [6, 6.07) is 0. The number of fused-ring (bicyclic) bond motifs is 1. The largest absolute Gasteiger partial charge is 0.444 e. The van der Waals surface area contributed by atoms with Gasteiger partial charge in [-0.3, -0.25) is 0 Å². The van der Waals surface area contributed by atoms with Crippen molar-refractivity contribution in [1.82, 2.24) is 19.4 Å². The molecule has 0 fully saturated rings.